The number of rotatable bonds is 2. The van der Waals surface area contributed by atoms with Crippen LogP contribution in [0.3, 0.4) is 0 Å². The van der Waals surface area contributed by atoms with Crippen molar-refractivity contribution >= 4 is 16.5 Å². The SMILES string of the molecule is COc1cccc(C2=CCOc3c2cc2c(C)coc2c3C)c1. The fraction of sp³-hybridized carbons (Fsp3) is 0.200. The monoisotopic (exact) mass is 306 g/mol. The summed E-state index contributed by atoms with van der Waals surface area (Å²) in [5, 5.41) is 1.14. The molecule has 0 N–H and O–H groups in total. The van der Waals surface area contributed by atoms with Gasteiger partial charge >= 0.3 is 0 Å². The first-order chi connectivity index (χ1) is 11.2. The number of fused-ring (bicyclic) bond motifs is 2. The van der Waals surface area contributed by atoms with E-state index >= 15 is 0 Å². The van der Waals surface area contributed by atoms with Crippen LogP contribution < -0.4 is 9.47 Å². The van der Waals surface area contributed by atoms with Crippen LogP contribution >= 0.6 is 0 Å². The lowest BCUT2D eigenvalue weighted by Crippen LogP contribution is -2.07. The predicted octanol–water partition coefficient (Wildman–Crippen LogP) is 4.88. The molecule has 0 bridgehead atoms. The number of ether oxygens (including phenoxy) is 2. The van der Waals surface area contributed by atoms with Crippen LogP contribution in [-0.2, 0) is 0 Å². The van der Waals surface area contributed by atoms with Crippen molar-refractivity contribution in [2.75, 3.05) is 13.7 Å². The van der Waals surface area contributed by atoms with Gasteiger partial charge < -0.3 is 13.9 Å². The Morgan fingerprint density at radius 2 is 2.00 bits per heavy atom. The van der Waals surface area contributed by atoms with Crippen LogP contribution in [0.4, 0.5) is 0 Å². The van der Waals surface area contributed by atoms with E-state index in [0.29, 0.717) is 6.61 Å². The normalized spacial score (nSPS) is 13.4. The van der Waals surface area contributed by atoms with Crippen molar-refractivity contribution in [1.82, 2.24) is 0 Å². The summed E-state index contributed by atoms with van der Waals surface area (Å²) in [6, 6.07) is 10.3. The average molecular weight is 306 g/mol. The minimum Gasteiger partial charge on any atom is -0.497 e. The molecule has 1 aromatic heterocycles. The molecule has 0 unspecified atom stereocenters. The van der Waals surface area contributed by atoms with E-state index in [-0.39, 0.29) is 0 Å². The fourth-order valence-electron chi connectivity index (χ4n) is 3.21. The molecule has 4 rings (SSSR count). The van der Waals surface area contributed by atoms with E-state index in [4.69, 9.17) is 13.9 Å². The maximum Gasteiger partial charge on any atom is 0.140 e. The number of furan rings is 1. The lowest BCUT2D eigenvalue weighted by atomic mass is 9.92. The van der Waals surface area contributed by atoms with Crippen molar-refractivity contribution in [1.29, 1.82) is 0 Å². The molecular formula is C20H18O3. The third kappa shape index (κ3) is 2.12. The highest BCUT2D eigenvalue weighted by molar-refractivity contribution is 5.94. The first-order valence-corrected chi connectivity index (χ1v) is 7.68. The van der Waals surface area contributed by atoms with Gasteiger partial charge in [0.1, 0.15) is 23.7 Å². The van der Waals surface area contributed by atoms with Gasteiger partial charge in [0.05, 0.1) is 13.4 Å². The van der Waals surface area contributed by atoms with Gasteiger partial charge in [0.15, 0.2) is 0 Å². The highest BCUT2D eigenvalue weighted by atomic mass is 16.5. The Labute approximate surface area is 135 Å². The second-order valence-electron chi connectivity index (χ2n) is 5.83. The van der Waals surface area contributed by atoms with Gasteiger partial charge in [-0.25, -0.2) is 0 Å². The van der Waals surface area contributed by atoms with Gasteiger partial charge in [-0.05, 0) is 54.8 Å². The van der Waals surface area contributed by atoms with Gasteiger partial charge in [-0.15, -0.1) is 0 Å². The van der Waals surface area contributed by atoms with Gasteiger partial charge in [0, 0.05) is 16.5 Å². The molecule has 1 aliphatic rings. The third-order valence-corrected chi connectivity index (χ3v) is 4.42. The molecule has 0 saturated heterocycles. The second-order valence-corrected chi connectivity index (χ2v) is 5.83. The summed E-state index contributed by atoms with van der Waals surface area (Å²) in [6.45, 7) is 4.68. The lowest BCUT2D eigenvalue weighted by Gasteiger charge is -2.21. The Bertz CT molecular complexity index is 931. The largest absolute Gasteiger partial charge is 0.497 e. The average Bonchev–Trinajstić information content (AvgIpc) is 2.96. The third-order valence-electron chi connectivity index (χ3n) is 4.42. The standard InChI is InChI=1S/C20H18O3/c1-12-11-23-19-13(2)20-18(10-17(12)19)16(7-8-22-20)14-5-4-6-15(9-14)21-3/h4-7,9-11H,8H2,1-3H3. The summed E-state index contributed by atoms with van der Waals surface area (Å²) < 4.78 is 17.0. The van der Waals surface area contributed by atoms with Crippen molar-refractivity contribution in [3.8, 4) is 11.5 Å². The maximum absolute atomic E-state index is 5.91. The molecule has 0 fully saturated rings. The predicted molar refractivity (Wildman–Crippen MR) is 91.3 cm³/mol. The molecule has 3 heteroatoms. The smallest absolute Gasteiger partial charge is 0.140 e. The highest BCUT2D eigenvalue weighted by Crippen LogP contribution is 2.41. The highest BCUT2D eigenvalue weighted by Gasteiger charge is 2.22. The second kappa shape index (κ2) is 5.20. The van der Waals surface area contributed by atoms with E-state index in [0.717, 1.165) is 44.7 Å². The molecule has 0 atom stereocenters. The van der Waals surface area contributed by atoms with Gasteiger partial charge in [-0.1, -0.05) is 12.1 Å². The van der Waals surface area contributed by atoms with Crippen molar-refractivity contribution in [2.45, 2.75) is 13.8 Å². The van der Waals surface area contributed by atoms with E-state index in [1.54, 1.807) is 13.4 Å². The number of aryl methyl sites for hydroxylation is 2. The first-order valence-electron chi connectivity index (χ1n) is 7.68. The maximum atomic E-state index is 5.91. The molecule has 2 heterocycles. The topological polar surface area (TPSA) is 31.6 Å². The summed E-state index contributed by atoms with van der Waals surface area (Å²) in [5.74, 6) is 1.76. The van der Waals surface area contributed by atoms with Gasteiger partial charge in [0.25, 0.3) is 0 Å². The molecule has 3 aromatic rings. The van der Waals surface area contributed by atoms with E-state index in [1.807, 2.05) is 12.1 Å². The van der Waals surface area contributed by atoms with Crippen LogP contribution in [0.25, 0.3) is 16.5 Å². The number of benzene rings is 2. The molecule has 0 aliphatic carbocycles. The van der Waals surface area contributed by atoms with Gasteiger partial charge in [-0.2, -0.15) is 0 Å². The minimum atomic E-state index is 0.561. The number of hydrogen-bond acceptors (Lipinski definition) is 3. The molecule has 3 nitrogen and oxygen atoms in total. The Kier molecular flexibility index (Phi) is 3.15. The summed E-state index contributed by atoms with van der Waals surface area (Å²) in [7, 11) is 1.69. The quantitative estimate of drug-likeness (QED) is 0.676. The molecule has 23 heavy (non-hydrogen) atoms. The van der Waals surface area contributed by atoms with Crippen molar-refractivity contribution in [2.24, 2.45) is 0 Å². The Balaban J connectivity index is 1.95. The van der Waals surface area contributed by atoms with Crippen molar-refractivity contribution in [3.05, 3.63) is 64.9 Å². The van der Waals surface area contributed by atoms with E-state index in [2.05, 4.69) is 38.1 Å². The van der Waals surface area contributed by atoms with Crippen LogP contribution in [0.1, 0.15) is 22.3 Å². The summed E-state index contributed by atoms with van der Waals surface area (Å²) >= 11 is 0. The molecule has 0 saturated carbocycles. The van der Waals surface area contributed by atoms with Crippen LogP contribution in [-0.4, -0.2) is 13.7 Å². The zero-order chi connectivity index (χ0) is 16.0. The Hall–Kier alpha value is -2.68. The van der Waals surface area contributed by atoms with Crippen molar-refractivity contribution in [3.63, 3.8) is 0 Å². The Morgan fingerprint density at radius 1 is 1.13 bits per heavy atom. The molecule has 0 amide bonds. The van der Waals surface area contributed by atoms with E-state index < -0.39 is 0 Å². The summed E-state index contributed by atoms with van der Waals surface area (Å²) in [5.41, 5.74) is 6.53. The van der Waals surface area contributed by atoms with Crippen LogP contribution in [0.5, 0.6) is 11.5 Å². The number of methoxy groups -OCH3 is 1. The van der Waals surface area contributed by atoms with Gasteiger partial charge in [0.2, 0.25) is 0 Å². The number of hydrogen-bond donors (Lipinski definition) is 0. The molecule has 2 aromatic carbocycles. The lowest BCUT2D eigenvalue weighted by molar-refractivity contribution is 0.355. The van der Waals surface area contributed by atoms with Crippen LogP contribution in [0.15, 0.2) is 47.1 Å². The Morgan fingerprint density at radius 3 is 2.83 bits per heavy atom. The van der Waals surface area contributed by atoms with Crippen molar-refractivity contribution < 1.29 is 13.9 Å². The van der Waals surface area contributed by atoms with Crippen LogP contribution in [0, 0.1) is 13.8 Å². The molecule has 0 radical (unpaired) electrons. The summed E-state index contributed by atoms with van der Waals surface area (Å²) in [6.07, 6.45) is 3.93. The molecule has 0 spiro atoms. The molecule has 1 aliphatic heterocycles. The van der Waals surface area contributed by atoms with E-state index in [9.17, 15) is 0 Å². The molecule has 116 valence electrons. The van der Waals surface area contributed by atoms with Crippen LogP contribution in [0.2, 0.25) is 0 Å². The molecular weight excluding hydrogens is 288 g/mol. The first kappa shape index (κ1) is 13.9. The minimum absolute atomic E-state index is 0.561. The van der Waals surface area contributed by atoms with Gasteiger partial charge in [-0.3, -0.25) is 0 Å². The van der Waals surface area contributed by atoms with E-state index in [1.165, 1.54) is 5.57 Å². The zero-order valence-electron chi connectivity index (χ0n) is 13.5. The summed E-state index contributed by atoms with van der Waals surface area (Å²) in [4.78, 5) is 0. The fourth-order valence-corrected chi connectivity index (χ4v) is 3.21. The zero-order valence-corrected chi connectivity index (χ0v) is 13.5.